The van der Waals surface area contributed by atoms with Crippen molar-refractivity contribution in [3.63, 3.8) is 0 Å². The molecule has 1 aromatic rings. The summed E-state index contributed by atoms with van der Waals surface area (Å²) >= 11 is 6.12. The summed E-state index contributed by atoms with van der Waals surface area (Å²) < 4.78 is 5.32. The van der Waals surface area contributed by atoms with Gasteiger partial charge in [0.15, 0.2) is 0 Å². The summed E-state index contributed by atoms with van der Waals surface area (Å²) in [4.78, 5) is 26.9. The molecule has 0 heterocycles. The van der Waals surface area contributed by atoms with Crippen LogP contribution < -0.4 is 15.4 Å². The summed E-state index contributed by atoms with van der Waals surface area (Å²) in [5.41, 5.74) is 1.51. The van der Waals surface area contributed by atoms with Gasteiger partial charge in [0.2, 0.25) is 11.8 Å². The minimum absolute atomic E-state index is 0.00326. The third-order valence-electron chi connectivity index (χ3n) is 5.07. The maximum atomic E-state index is 12.6. The summed E-state index contributed by atoms with van der Waals surface area (Å²) in [6.45, 7) is 3.37. The van der Waals surface area contributed by atoms with E-state index in [4.69, 9.17) is 16.3 Å². The average molecular weight is 396 g/mol. The Morgan fingerprint density at radius 1 is 1.15 bits per heavy atom. The molecule has 150 valence electrons. The molecule has 27 heavy (non-hydrogen) atoms. The quantitative estimate of drug-likeness (QED) is 0.744. The number of amides is 2. The number of methoxy groups -OCH3 is 1. The number of ether oxygens (including phenoxy) is 1. The molecular weight excluding hydrogens is 366 g/mol. The van der Waals surface area contributed by atoms with Gasteiger partial charge < -0.3 is 20.3 Å². The summed E-state index contributed by atoms with van der Waals surface area (Å²) in [6.07, 6.45) is 2.91. The van der Waals surface area contributed by atoms with Gasteiger partial charge in [-0.15, -0.1) is 0 Å². The highest BCUT2D eigenvalue weighted by Crippen LogP contribution is 2.33. The van der Waals surface area contributed by atoms with Crippen molar-refractivity contribution in [3.8, 4) is 5.75 Å². The van der Waals surface area contributed by atoms with Crippen LogP contribution in [0.5, 0.6) is 5.75 Å². The molecule has 0 atom stereocenters. The van der Waals surface area contributed by atoms with E-state index in [0.29, 0.717) is 35.8 Å². The van der Waals surface area contributed by atoms with Gasteiger partial charge in [0.05, 0.1) is 12.8 Å². The molecule has 2 amide bonds. The lowest BCUT2D eigenvalue weighted by Gasteiger charge is -2.27. The lowest BCUT2D eigenvalue weighted by atomic mass is 9.81. The Labute approximate surface area is 166 Å². The van der Waals surface area contributed by atoms with E-state index in [2.05, 4.69) is 10.6 Å². The molecule has 1 fully saturated rings. The minimum atomic E-state index is -0.0866. The molecule has 0 radical (unpaired) electrons. The summed E-state index contributed by atoms with van der Waals surface area (Å²) in [7, 11) is 5.51. The second-order valence-corrected chi connectivity index (χ2v) is 7.84. The van der Waals surface area contributed by atoms with Crippen LogP contribution in [0, 0.1) is 18.8 Å². The highest BCUT2D eigenvalue weighted by Gasteiger charge is 2.30. The number of carbonyl (C=O) groups is 2. The first-order valence-electron chi connectivity index (χ1n) is 9.39. The van der Waals surface area contributed by atoms with Crippen LogP contribution in [0.15, 0.2) is 12.1 Å². The van der Waals surface area contributed by atoms with Gasteiger partial charge in [0, 0.05) is 36.0 Å². The largest absolute Gasteiger partial charge is 0.495 e. The molecule has 0 bridgehead atoms. The van der Waals surface area contributed by atoms with Crippen LogP contribution in [0.1, 0.15) is 31.2 Å². The normalized spacial score (nSPS) is 19.6. The van der Waals surface area contributed by atoms with E-state index in [-0.39, 0.29) is 23.7 Å². The Kier molecular flexibility index (Phi) is 7.92. The maximum Gasteiger partial charge on any atom is 0.227 e. The van der Waals surface area contributed by atoms with E-state index in [1.165, 1.54) is 0 Å². The van der Waals surface area contributed by atoms with E-state index >= 15 is 0 Å². The molecule has 0 saturated heterocycles. The van der Waals surface area contributed by atoms with Crippen molar-refractivity contribution in [2.75, 3.05) is 39.6 Å². The molecule has 7 heteroatoms. The fraction of sp³-hybridized carbons (Fsp3) is 0.600. The second-order valence-electron chi connectivity index (χ2n) is 7.43. The van der Waals surface area contributed by atoms with Gasteiger partial charge in [-0.05, 0) is 58.3 Å². The van der Waals surface area contributed by atoms with Gasteiger partial charge in [-0.25, -0.2) is 0 Å². The Bertz CT molecular complexity index is 671. The number of hydrogen-bond acceptors (Lipinski definition) is 4. The topological polar surface area (TPSA) is 70.7 Å². The maximum absolute atomic E-state index is 12.6. The average Bonchev–Trinajstić information content (AvgIpc) is 2.64. The van der Waals surface area contributed by atoms with Gasteiger partial charge in [-0.2, -0.15) is 0 Å². The first-order chi connectivity index (χ1) is 12.8. The zero-order valence-electron chi connectivity index (χ0n) is 16.6. The molecule has 0 unspecified atom stereocenters. The smallest absolute Gasteiger partial charge is 0.227 e. The van der Waals surface area contributed by atoms with Crippen molar-refractivity contribution in [2.24, 2.45) is 11.8 Å². The second kappa shape index (κ2) is 9.95. The van der Waals surface area contributed by atoms with Gasteiger partial charge in [-0.3, -0.25) is 9.59 Å². The Morgan fingerprint density at radius 3 is 2.30 bits per heavy atom. The molecule has 0 aliphatic heterocycles. The first-order valence-corrected chi connectivity index (χ1v) is 9.77. The number of rotatable bonds is 7. The van der Waals surface area contributed by atoms with Crippen LogP contribution in [0.25, 0.3) is 0 Å². The van der Waals surface area contributed by atoms with Crippen molar-refractivity contribution < 1.29 is 14.3 Å². The van der Waals surface area contributed by atoms with Crippen LogP contribution in [0.2, 0.25) is 5.02 Å². The number of aryl methyl sites for hydroxylation is 1. The molecule has 1 saturated carbocycles. The van der Waals surface area contributed by atoms with E-state index < -0.39 is 0 Å². The minimum Gasteiger partial charge on any atom is -0.495 e. The highest BCUT2D eigenvalue weighted by molar-refractivity contribution is 6.31. The summed E-state index contributed by atoms with van der Waals surface area (Å²) in [5, 5.41) is 6.55. The van der Waals surface area contributed by atoms with Crippen molar-refractivity contribution in [3.05, 3.63) is 22.7 Å². The number of nitrogens with zero attached hydrogens (tertiary/aromatic N) is 1. The summed E-state index contributed by atoms with van der Waals surface area (Å²) in [6, 6.07) is 3.53. The van der Waals surface area contributed by atoms with Crippen molar-refractivity contribution in [1.82, 2.24) is 10.2 Å². The van der Waals surface area contributed by atoms with Gasteiger partial charge in [0.1, 0.15) is 5.75 Å². The number of carbonyl (C=O) groups excluding carboxylic acids is 2. The lowest BCUT2D eigenvalue weighted by molar-refractivity contribution is -0.128. The Hall–Kier alpha value is -1.79. The molecule has 2 N–H and O–H groups in total. The molecule has 1 aromatic carbocycles. The van der Waals surface area contributed by atoms with Crippen LogP contribution >= 0.6 is 11.6 Å². The van der Waals surface area contributed by atoms with Crippen molar-refractivity contribution >= 4 is 29.1 Å². The first kappa shape index (κ1) is 21.5. The SMILES string of the molecule is COc1cc(Cl)c(C)cc1NC(=O)C1CCC(C(=O)NCCN(C)C)CC1. The molecule has 0 aromatic heterocycles. The van der Waals surface area contributed by atoms with E-state index in [1.807, 2.05) is 32.0 Å². The zero-order chi connectivity index (χ0) is 20.0. The third kappa shape index (κ3) is 6.11. The van der Waals surface area contributed by atoms with Crippen molar-refractivity contribution in [1.29, 1.82) is 0 Å². The number of anilines is 1. The number of benzene rings is 1. The number of hydrogen-bond donors (Lipinski definition) is 2. The molecule has 0 spiro atoms. The molecule has 6 nitrogen and oxygen atoms in total. The van der Waals surface area contributed by atoms with Gasteiger partial charge in [-0.1, -0.05) is 11.6 Å². The predicted octanol–water partition coefficient (Wildman–Crippen LogP) is 3.08. The van der Waals surface area contributed by atoms with E-state index in [9.17, 15) is 9.59 Å². The van der Waals surface area contributed by atoms with Crippen LogP contribution in [0.3, 0.4) is 0 Å². The number of halogens is 1. The highest BCUT2D eigenvalue weighted by atomic mass is 35.5. The zero-order valence-corrected chi connectivity index (χ0v) is 17.4. The number of likely N-dealkylation sites (N-methyl/N-ethyl adjacent to an activating group) is 1. The van der Waals surface area contributed by atoms with E-state index in [1.54, 1.807) is 13.2 Å². The number of nitrogens with one attached hydrogen (secondary N) is 2. The molecule has 1 aliphatic carbocycles. The van der Waals surface area contributed by atoms with Gasteiger partial charge in [0.25, 0.3) is 0 Å². The van der Waals surface area contributed by atoms with Gasteiger partial charge >= 0.3 is 0 Å². The molecule has 2 rings (SSSR count). The third-order valence-corrected chi connectivity index (χ3v) is 5.47. The van der Waals surface area contributed by atoms with Crippen LogP contribution in [0.4, 0.5) is 5.69 Å². The fourth-order valence-electron chi connectivity index (χ4n) is 3.33. The van der Waals surface area contributed by atoms with Crippen LogP contribution in [-0.4, -0.2) is 51.0 Å². The molecule has 1 aliphatic rings. The van der Waals surface area contributed by atoms with Crippen LogP contribution in [-0.2, 0) is 9.59 Å². The fourth-order valence-corrected chi connectivity index (χ4v) is 3.48. The van der Waals surface area contributed by atoms with Crippen molar-refractivity contribution in [2.45, 2.75) is 32.6 Å². The predicted molar refractivity (Wildman–Crippen MR) is 108 cm³/mol. The summed E-state index contributed by atoms with van der Waals surface area (Å²) in [5.74, 6) is 0.542. The monoisotopic (exact) mass is 395 g/mol. The standard InChI is InChI=1S/C20H30ClN3O3/c1-13-11-17(18(27-4)12-16(13)21)23-20(26)15-7-5-14(6-8-15)19(25)22-9-10-24(2)3/h11-12,14-15H,5-10H2,1-4H3,(H,22,25)(H,23,26). The Morgan fingerprint density at radius 2 is 1.74 bits per heavy atom. The lowest BCUT2D eigenvalue weighted by Crippen LogP contribution is -2.38. The van der Waals surface area contributed by atoms with E-state index in [0.717, 1.165) is 24.9 Å². The Balaban J connectivity index is 1.86. The molecular formula is C20H30ClN3O3.